The topological polar surface area (TPSA) is 46.5 Å². The smallest absolute Gasteiger partial charge is 0.422 e. The number of carbonyl (C=O) groups is 1. The van der Waals surface area contributed by atoms with Gasteiger partial charge in [0.05, 0.1) is 16.0 Å². The molecule has 3 nitrogen and oxygen atoms in total. The number of ether oxygens (including phenoxy) is 1. The van der Waals surface area contributed by atoms with Gasteiger partial charge in [0.1, 0.15) is 5.75 Å². The van der Waals surface area contributed by atoms with Crippen LogP contribution >= 0.6 is 11.6 Å². The van der Waals surface area contributed by atoms with Gasteiger partial charge < -0.3 is 9.84 Å². The van der Waals surface area contributed by atoms with Gasteiger partial charge in [0.2, 0.25) is 0 Å². The second-order valence-corrected chi connectivity index (χ2v) is 8.56. The summed E-state index contributed by atoms with van der Waals surface area (Å²) in [5.74, 6) is -1.59. The predicted molar refractivity (Wildman–Crippen MR) is 112 cm³/mol. The third kappa shape index (κ3) is 6.34. The Bertz CT molecular complexity index is 983. The van der Waals surface area contributed by atoms with E-state index in [9.17, 15) is 36.2 Å². The Morgan fingerprint density at radius 3 is 2.03 bits per heavy atom. The highest BCUT2D eigenvalue weighted by molar-refractivity contribution is 6.33. The van der Waals surface area contributed by atoms with Gasteiger partial charge in [-0.2, -0.15) is 26.3 Å². The van der Waals surface area contributed by atoms with Crippen LogP contribution < -0.4 is 4.74 Å². The second kappa shape index (κ2) is 9.83. The molecular formula is C23H23ClF6O3. The maximum absolute atomic E-state index is 12.9. The van der Waals surface area contributed by atoms with Crippen LogP contribution in [0.2, 0.25) is 5.02 Å². The first-order valence-corrected chi connectivity index (χ1v) is 10.4. The van der Waals surface area contributed by atoms with Crippen LogP contribution in [0, 0.1) is 5.92 Å². The summed E-state index contributed by atoms with van der Waals surface area (Å²) in [6.07, 6.45) is -8.98. The van der Waals surface area contributed by atoms with Gasteiger partial charge in [-0.25, -0.2) is 0 Å². The molecule has 182 valence electrons. The largest absolute Gasteiger partial charge is 0.483 e. The summed E-state index contributed by atoms with van der Waals surface area (Å²) in [5.41, 5.74) is -2.18. The summed E-state index contributed by atoms with van der Waals surface area (Å²) >= 11 is 6.38. The lowest BCUT2D eigenvalue weighted by Crippen LogP contribution is -2.36. The lowest BCUT2D eigenvalue weighted by atomic mass is 9.72. The van der Waals surface area contributed by atoms with Crippen molar-refractivity contribution in [2.45, 2.75) is 51.4 Å². The molecule has 1 unspecified atom stereocenters. The predicted octanol–water partition coefficient (Wildman–Crippen LogP) is 7.75. The van der Waals surface area contributed by atoms with Gasteiger partial charge in [-0.05, 0) is 54.2 Å². The van der Waals surface area contributed by atoms with Crippen LogP contribution in [0.1, 0.15) is 44.7 Å². The third-order valence-corrected chi connectivity index (χ3v) is 5.57. The molecule has 0 saturated heterocycles. The van der Waals surface area contributed by atoms with E-state index in [1.807, 2.05) is 13.8 Å². The van der Waals surface area contributed by atoms with E-state index in [4.69, 9.17) is 16.3 Å². The minimum absolute atomic E-state index is 0.0571. The van der Waals surface area contributed by atoms with E-state index >= 15 is 0 Å². The molecule has 0 amide bonds. The summed E-state index contributed by atoms with van der Waals surface area (Å²) in [6.45, 7) is 3.58. The third-order valence-electron chi connectivity index (χ3n) is 5.27. The van der Waals surface area contributed by atoms with Gasteiger partial charge in [-0.1, -0.05) is 44.5 Å². The number of halogens is 7. The van der Waals surface area contributed by atoms with Crippen molar-refractivity contribution in [1.82, 2.24) is 0 Å². The molecule has 2 rings (SSSR count). The molecule has 0 aromatic heterocycles. The Hall–Kier alpha value is -2.42. The van der Waals surface area contributed by atoms with Crippen molar-refractivity contribution in [3.05, 3.63) is 52.5 Å². The zero-order valence-corrected chi connectivity index (χ0v) is 18.8. The zero-order chi connectivity index (χ0) is 25.2. The first-order chi connectivity index (χ1) is 15.1. The van der Waals surface area contributed by atoms with Crippen molar-refractivity contribution in [2.75, 3.05) is 6.61 Å². The molecule has 0 saturated carbocycles. The Balaban J connectivity index is 2.71. The second-order valence-electron chi connectivity index (χ2n) is 8.15. The number of hydrogen-bond acceptors (Lipinski definition) is 2. The summed E-state index contributed by atoms with van der Waals surface area (Å²) in [6, 6.07) is 6.21. The number of rotatable bonds is 8. The van der Waals surface area contributed by atoms with E-state index in [1.54, 1.807) is 6.92 Å². The average Bonchev–Trinajstić information content (AvgIpc) is 2.68. The van der Waals surface area contributed by atoms with Gasteiger partial charge in [-0.15, -0.1) is 0 Å². The average molecular weight is 497 g/mol. The van der Waals surface area contributed by atoms with Gasteiger partial charge >= 0.3 is 18.3 Å². The summed E-state index contributed by atoms with van der Waals surface area (Å²) in [7, 11) is 0. The molecule has 0 heterocycles. The van der Waals surface area contributed by atoms with Gasteiger partial charge in [0.15, 0.2) is 6.61 Å². The Labute approximate surface area is 192 Å². The maximum Gasteiger partial charge on any atom is 0.422 e. The number of hydrogen-bond donors (Lipinski definition) is 1. The number of carboxylic acid groups (broad SMARTS) is 1. The number of carboxylic acids is 1. The van der Waals surface area contributed by atoms with E-state index in [0.717, 1.165) is 24.3 Å². The van der Waals surface area contributed by atoms with Crippen LogP contribution in [0.4, 0.5) is 26.3 Å². The van der Waals surface area contributed by atoms with Crippen LogP contribution in [-0.2, 0) is 16.4 Å². The number of benzene rings is 2. The van der Waals surface area contributed by atoms with E-state index in [1.165, 1.54) is 12.1 Å². The highest BCUT2D eigenvalue weighted by Crippen LogP contribution is 2.44. The molecule has 33 heavy (non-hydrogen) atoms. The fourth-order valence-electron chi connectivity index (χ4n) is 3.76. The Kier molecular flexibility index (Phi) is 7.99. The first-order valence-electron chi connectivity index (χ1n) is 10.1. The lowest BCUT2D eigenvalue weighted by molar-refractivity contribution is -0.153. The maximum atomic E-state index is 12.9. The van der Waals surface area contributed by atoms with Crippen LogP contribution in [0.25, 0.3) is 11.1 Å². The summed E-state index contributed by atoms with van der Waals surface area (Å²) in [4.78, 5) is 12.2. The Morgan fingerprint density at radius 2 is 1.61 bits per heavy atom. The van der Waals surface area contributed by atoms with Crippen molar-refractivity contribution in [1.29, 1.82) is 0 Å². The number of alkyl halides is 6. The normalized spacial score (nSPS) is 14.3. The Morgan fingerprint density at radius 1 is 1.03 bits per heavy atom. The highest BCUT2D eigenvalue weighted by atomic mass is 35.5. The minimum atomic E-state index is -4.70. The molecule has 0 radical (unpaired) electrons. The van der Waals surface area contributed by atoms with Crippen molar-refractivity contribution in [3.8, 4) is 16.9 Å². The lowest BCUT2D eigenvalue weighted by Gasteiger charge is -2.31. The van der Waals surface area contributed by atoms with Crippen LogP contribution in [-0.4, -0.2) is 23.9 Å². The highest BCUT2D eigenvalue weighted by Gasteiger charge is 2.40. The monoisotopic (exact) mass is 496 g/mol. The van der Waals surface area contributed by atoms with Gasteiger partial charge in [0.25, 0.3) is 0 Å². The van der Waals surface area contributed by atoms with E-state index < -0.39 is 35.9 Å². The standard InChI is InChI=1S/C23H23ClF6O3/c1-4-21(20(31)32,11-13(2)3)16-9-17(24)19(18(10-16)33-12-22(25,26)27)14-5-7-15(8-6-14)23(28,29)30/h5-10,13H,4,11-12H2,1-3H3,(H,31,32). The van der Waals surface area contributed by atoms with Crippen LogP contribution in [0.3, 0.4) is 0 Å². The van der Waals surface area contributed by atoms with E-state index in [0.29, 0.717) is 0 Å². The molecule has 1 atom stereocenters. The fraction of sp³-hybridized carbons (Fsp3) is 0.435. The van der Waals surface area contributed by atoms with Gasteiger partial charge in [0, 0.05) is 5.56 Å². The molecule has 2 aromatic rings. The molecule has 0 fully saturated rings. The molecule has 2 aromatic carbocycles. The first kappa shape index (κ1) is 26.8. The van der Waals surface area contributed by atoms with E-state index in [2.05, 4.69) is 0 Å². The molecule has 1 N–H and O–H groups in total. The fourth-order valence-corrected chi connectivity index (χ4v) is 4.08. The molecule has 0 aliphatic heterocycles. The quantitative estimate of drug-likeness (QED) is 0.380. The van der Waals surface area contributed by atoms with Gasteiger partial charge in [-0.3, -0.25) is 4.79 Å². The molecule has 0 spiro atoms. The molecular weight excluding hydrogens is 474 g/mol. The van der Waals surface area contributed by atoms with Crippen molar-refractivity contribution in [2.24, 2.45) is 5.92 Å². The minimum Gasteiger partial charge on any atom is -0.483 e. The van der Waals surface area contributed by atoms with Crippen molar-refractivity contribution >= 4 is 17.6 Å². The van der Waals surface area contributed by atoms with Crippen LogP contribution in [0.5, 0.6) is 5.75 Å². The summed E-state index contributed by atoms with van der Waals surface area (Å²) in [5, 5.41) is 9.86. The molecule has 0 aliphatic rings. The summed E-state index contributed by atoms with van der Waals surface area (Å²) < 4.78 is 82.3. The number of aliphatic carboxylic acids is 1. The zero-order valence-electron chi connectivity index (χ0n) is 18.1. The van der Waals surface area contributed by atoms with Crippen molar-refractivity contribution < 1.29 is 41.0 Å². The SMILES string of the molecule is CCC(CC(C)C)(C(=O)O)c1cc(Cl)c(-c2ccc(C(F)(F)F)cc2)c(OCC(F)(F)F)c1. The van der Waals surface area contributed by atoms with Crippen LogP contribution in [0.15, 0.2) is 36.4 Å². The van der Waals surface area contributed by atoms with E-state index in [-0.39, 0.29) is 46.2 Å². The molecule has 0 bridgehead atoms. The molecule has 0 aliphatic carbocycles. The molecule has 10 heteroatoms. The van der Waals surface area contributed by atoms with Crippen molar-refractivity contribution in [3.63, 3.8) is 0 Å².